The zero-order chi connectivity index (χ0) is 16.2. The Bertz CT molecular complexity index is 660. The van der Waals surface area contributed by atoms with Crippen molar-refractivity contribution in [1.29, 1.82) is 0 Å². The highest BCUT2D eigenvalue weighted by atomic mass is 32.1. The molecule has 1 aromatic heterocycles. The Morgan fingerprint density at radius 1 is 1.30 bits per heavy atom. The number of thiazole rings is 1. The lowest BCUT2D eigenvalue weighted by molar-refractivity contribution is -0.122. The number of carbonyl (C=O) groups is 1. The first-order valence-corrected chi connectivity index (χ1v) is 9.10. The second kappa shape index (κ2) is 7.13. The minimum absolute atomic E-state index is 0.0231. The van der Waals surface area contributed by atoms with E-state index in [-0.39, 0.29) is 11.8 Å². The number of nitrogens with two attached hydrogens (primary N) is 1. The number of primary amides is 1. The first-order valence-electron chi connectivity index (χ1n) is 8.28. The minimum atomic E-state index is -0.166. The van der Waals surface area contributed by atoms with Crippen molar-refractivity contribution in [1.82, 2.24) is 4.98 Å². The minimum Gasteiger partial charge on any atom is -0.369 e. The number of anilines is 1. The predicted octanol–water partition coefficient (Wildman–Crippen LogP) is 3.46. The standard InChI is InChI=1S/C18H23N3OS/c1-2-6-15-16(13-7-4-3-5-8-13)20-18(23-15)21-11-9-14(10-12-21)17(19)22/h3-5,7-8,14H,2,6,9-12H2,1H3,(H2,19,22). The van der Waals surface area contributed by atoms with E-state index in [2.05, 4.69) is 36.1 Å². The Kier molecular flexibility index (Phi) is 4.96. The van der Waals surface area contributed by atoms with Crippen molar-refractivity contribution in [3.8, 4) is 11.3 Å². The quantitative estimate of drug-likeness (QED) is 0.914. The predicted molar refractivity (Wildman–Crippen MR) is 95.7 cm³/mol. The maximum Gasteiger partial charge on any atom is 0.220 e. The fraction of sp³-hybridized carbons (Fsp3) is 0.444. The molecule has 23 heavy (non-hydrogen) atoms. The highest BCUT2D eigenvalue weighted by molar-refractivity contribution is 7.16. The third-order valence-electron chi connectivity index (χ3n) is 4.38. The fourth-order valence-electron chi connectivity index (χ4n) is 3.05. The molecule has 2 aromatic rings. The van der Waals surface area contributed by atoms with Crippen LogP contribution in [0.4, 0.5) is 5.13 Å². The van der Waals surface area contributed by atoms with Crippen LogP contribution in [0.1, 0.15) is 31.1 Å². The van der Waals surface area contributed by atoms with Gasteiger partial charge in [0, 0.05) is 29.4 Å². The third-order valence-corrected chi connectivity index (χ3v) is 5.55. The number of benzene rings is 1. The topological polar surface area (TPSA) is 59.2 Å². The maximum atomic E-state index is 11.3. The van der Waals surface area contributed by atoms with Crippen LogP contribution >= 0.6 is 11.3 Å². The molecule has 1 aliphatic heterocycles. The molecule has 5 heteroatoms. The van der Waals surface area contributed by atoms with Crippen molar-refractivity contribution >= 4 is 22.4 Å². The molecule has 1 amide bonds. The molecule has 1 aromatic carbocycles. The van der Waals surface area contributed by atoms with Crippen LogP contribution in [-0.2, 0) is 11.2 Å². The number of aromatic nitrogens is 1. The van der Waals surface area contributed by atoms with Gasteiger partial charge in [0.25, 0.3) is 0 Å². The number of carbonyl (C=O) groups excluding carboxylic acids is 1. The van der Waals surface area contributed by atoms with Crippen LogP contribution < -0.4 is 10.6 Å². The number of rotatable bonds is 5. The van der Waals surface area contributed by atoms with Crippen molar-refractivity contribution in [3.63, 3.8) is 0 Å². The van der Waals surface area contributed by atoms with Crippen LogP contribution in [0, 0.1) is 5.92 Å². The molecule has 1 saturated heterocycles. The highest BCUT2D eigenvalue weighted by Gasteiger charge is 2.25. The normalized spacial score (nSPS) is 15.8. The monoisotopic (exact) mass is 329 g/mol. The average molecular weight is 329 g/mol. The Labute approximate surface area is 141 Å². The highest BCUT2D eigenvalue weighted by Crippen LogP contribution is 2.35. The molecule has 0 unspecified atom stereocenters. The van der Waals surface area contributed by atoms with Gasteiger partial charge in [0.1, 0.15) is 0 Å². The van der Waals surface area contributed by atoms with E-state index in [1.54, 1.807) is 11.3 Å². The molecule has 122 valence electrons. The summed E-state index contributed by atoms with van der Waals surface area (Å²) in [5.41, 5.74) is 7.73. The van der Waals surface area contributed by atoms with Gasteiger partial charge in [0.15, 0.2) is 5.13 Å². The summed E-state index contributed by atoms with van der Waals surface area (Å²) in [6, 6.07) is 10.4. The molecule has 0 atom stereocenters. The lowest BCUT2D eigenvalue weighted by Crippen LogP contribution is -2.38. The van der Waals surface area contributed by atoms with Gasteiger partial charge in [-0.3, -0.25) is 4.79 Å². The Morgan fingerprint density at radius 2 is 2.00 bits per heavy atom. The molecule has 4 nitrogen and oxygen atoms in total. The number of aryl methyl sites for hydroxylation is 1. The summed E-state index contributed by atoms with van der Waals surface area (Å²) < 4.78 is 0. The molecule has 3 rings (SSSR count). The van der Waals surface area contributed by atoms with E-state index in [9.17, 15) is 4.79 Å². The van der Waals surface area contributed by atoms with Crippen molar-refractivity contribution in [2.24, 2.45) is 11.7 Å². The first-order chi connectivity index (χ1) is 11.2. The zero-order valence-electron chi connectivity index (χ0n) is 13.5. The van der Waals surface area contributed by atoms with Gasteiger partial charge < -0.3 is 10.6 Å². The second-order valence-electron chi connectivity index (χ2n) is 6.05. The lowest BCUT2D eigenvalue weighted by atomic mass is 9.97. The van der Waals surface area contributed by atoms with Crippen molar-refractivity contribution in [2.75, 3.05) is 18.0 Å². The number of amides is 1. The lowest BCUT2D eigenvalue weighted by Gasteiger charge is -2.30. The van der Waals surface area contributed by atoms with Gasteiger partial charge in [-0.15, -0.1) is 11.3 Å². The van der Waals surface area contributed by atoms with Crippen LogP contribution in [-0.4, -0.2) is 24.0 Å². The number of hydrogen-bond donors (Lipinski definition) is 1. The Morgan fingerprint density at radius 3 is 2.61 bits per heavy atom. The van der Waals surface area contributed by atoms with Gasteiger partial charge in [-0.1, -0.05) is 43.7 Å². The maximum absolute atomic E-state index is 11.3. The molecule has 2 heterocycles. The van der Waals surface area contributed by atoms with Gasteiger partial charge in [0.2, 0.25) is 5.91 Å². The van der Waals surface area contributed by atoms with E-state index in [4.69, 9.17) is 10.7 Å². The van der Waals surface area contributed by atoms with Gasteiger partial charge in [0.05, 0.1) is 5.69 Å². The smallest absolute Gasteiger partial charge is 0.220 e. The van der Waals surface area contributed by atoms with E-state index in [1.807, 2.05) is 6.07 Å². The van der Waals surface area contributed by atoms with E-state index >= 15 is 0 Å². The molecule has 0 bridgehead atoms. The van der Waals surface area contributed by atoms with Crippen molar-refractivity contribution in [3.05, 3.63) is 35.2 Å². The van der Waals surface area contributed by atoms with Gasteiger partial charge in [-0.2, -0.15) is 0 Å². The zero-order valence-corrected chi connectivity index (χ0v) is 14.3. The molecule has 2 N–H and O–H groups in total. The fourth-order valence-corrected chi connectivity index (χ4v) is 4.28. The molecular formula is C18H23N3OS. The summed E-state index contributed by atoms with van der Waals surface area (Å²) in [5, 5.41) is 1.08. The summed E-state index contributed by atoms with van der Waals surface area (Å²) in [7, 11) is 0. The van der Waals surface area contributed by atoms with E-state index in [0.717, 1.165) is 49.6 Å². The van der Waals surface area contributed by atoms with Crippen molar-refractivity contribution < 1.29 is 4.79 Å². The summed E-state index contributed by atoms with van der Waals surface area (Å²) in [5.74, 6) is -0.143. The van der Waals surface area contributed by atoms with E-state index in [1.165, 1.54) is 10.4 Å². The molecule has 1 aliphatic rings. The number of piperidine rings is 1. The summed E-state index contributed by atoms with van der Waals surface area (Å²) in [4.78, 5) is 19.9. The van der Waals surface area contributed by atoms with E-state index < -0.39 is 0 Å². The van der Waals surface area contributed by atoms with Crippen LogP contribution in [0.15, 0.2) is 30.3 Å². The first kappa shape index (κ1) is 16.0. The second-order valence-corrected chi connectivity index (χ2v) is 7.11. The average Bonchev–Trinajstić information content (AvgIpc) is 3.00. The summed E-state index contributed by atoms with van der Waals surface area (Å²) >= 11 is 1.79. The van der Waals surface area contributed by atoms with Crippen LogP contribution in [0.3, 0.4) is 0 Å². The molecule has 0 saturated carbocycles. The Balaban J connectivity index is 1.83. The van der Waals surface area contributed by atoms with Gasteiger partial charge >= 0.3 is 0 Å². The van der Waals surface area contributed by atoms with Gasteiger partial charge in [-0.25, -0.2) is 4.98 Å². The molecule has 0 aliphatic carbocycles. The Hall–Kier alpha value is -1.88. The van der Waals surface area contributed by atoms with Crippen LogP contribution in [0.2, 0.25) is 0 Å². The van der Waals surface area contributed by atoms with Crippen LogP contribution in [0.25, 0.3) is 11.3 Å². The van der Waals surface area contributed by atoms with Gasteiger partial charge in [-0.05, 0) is 19.3 Å². The van der Waals surface area contributed by atoms with E-state index in [0.29, 0.717) is 0 Å². The summed E-state index contributed by atoms with van der Waals surface area (Å²) in [6.07, 6.45) is 3.84. The van der Waals surface area contributed by atoms with Crippen LogP contribution in [0.5, 0.6) is 0 Å². The molecule has 0 spiro atoms. The molecule has 0 radical (unpaired) electrons. The molecule has 1 fully saturated rings. The third kappa shape index (κ3) is 3.55. The number of hydrogen-bond acceptors (Lipinski definition) is 4. The number of nitrogens with zero attached hydrogens (tertiary/aromatic N) is 2. The molecular weight excluding hydrogens is 306 g/mol. The SMILES string of the molecule is CCCc1sc(N2CCC(C(N)=O)CC2)nc1-c1ccccc1. The largest absolute Gasteiger partial charge is 0.369 e. The van der Waals surface area contributed by atoms with Crippen molar-refractivity contribution in [2.45, 2.75) is 32.6 Å². The summed E-state index contributed by atoms with van der Waals surface area (Å²) in [6.45, 7) is 3.92.